The fraction of sp³-hybridized carbons (Fsp3) is 0.444. The third-order valence-electron chi connectivity index (χ3n) is 0. The summed E-state index contributed by atoms with van der Waals surface area (Å²) in [5, 5.41) is 6.76. The van der Waals surface area contributed by atoms with Crippen molar-refractivity contribution in [3.63, 3.8) is 0 Å². The maximum absolute atomic E-state index is 8.68. The number of hydrogen-bond acceptors (Lipinski definition) is 7. The second-order valence-electron chi connectivity index (χ2n) is 0.921. The van der Waals surface area contributed by atoms with Crippen molar-refractivity contribution in [1.82, 2.24) is 0 Å². The summed E-state index contributed by atoms with van der Waals surface area (Å²) < 4.78 is 24.1. The first-order chi connectivity index (χ1) is 7.39. The largest absolute Gasteiger partial charge is 2.00 e. The fourth-order valence-electron chi connectivity index (χ4n) is 0. The molecule has 0 heterocycles. The molecule has 0 aromatic carbocycles. The third kappa shape index (κ3) is 3440. The molecular weight excluding hydrogens is 982 g/mol. The van der Waals surface area contributed by atoms with E-state index in [-0.39, 0.29) is 108 Å². The zero-order chi connectivity index (χ0) is 14.4. The molecule has 2 N–H and O–H groups in total. The van der Waals surface area contributed by atoms with Gasteiger partial charge in [-0.1, -0.05) is 13.9 Å². The van der Waals surface area contributed by atoms with Crippen LogP contribution in [0.2, 0.25) is 0 Å². The van der Waals surface area contributed by atoms with Gasteiger partial charge in [-0.25, -0.2) is 0 Å². The molecule has 0 rings (SSSR count). The minimum atomic E-state index is -2.86. The van der Waals surface area contributed by atoms with E-state index in [9.17, 15) is 0 Å². The number of rotatable bonds is 0. The standard InChI is InChI=1S/3C2H3O.CHO2.CH4.CH3.HO3S.3U/c3*1-2-3;2-1-3;;;1-4(2)3;;;/h3*1H3;(H,2,3);1H4;1H3;(H,1,2,3);;;/q4*-1;;2*-1;3*+2. The Balaban J connectivity index is -0.00000000854. The molecule has 0 atom stereocenters. The van der Waals surface area contributed by atoms with Crippen molar-refractivity contribution in [1.29, 1.82) is 0 Å². The van der Waals surface area contributed by atoms with E-state index in [1.54, 1.807) is 0 Å². The van der Waals surface area contributed by atoms with Gasteiger partial charge < -0.3 is 44.7 Å². The molecule has 0 amide bonds. The Kier molecular flexibility index (Phi) is 394. The first-order valence-electron chi connectivity index (χ1n) is 3.06. The van der Waals surface area contributed by atoms with E-state index in [0.29, 0.717) is 6.47 Å². The van der Waals surface area contributed by atoms with Crippen LogP contribution in [0.25, 0.3) is 0 Å². The number of hydrogen-bond donors (Lipinski definition) is 2. The molecule has 0 unspecified atom stereocenters. The van der Waals surface area contributed by atoms with Gasteiger partial charge in [0.05, 0.1) is 0 Å². The third-order valence-corrected chi connectivity index (χ3v) is 0. The summed E-state index contributed by atoms with van der Waals surface area (Å²) in [4.78, 5) is 34.3. The molecule has 0 saturated carbocycles. The molecule has 12 heteroatoms. The van der Waals surface area contributed by atoms with Crippen LogP contribution in [0.3, 0.4) is 0 Å². The van der Waals surface area contributed by atoms with E-state index in [1.165, 1.54) is 39.6 Å². The molecule has 0 aromatic heterocycles. The Hall–Kier alpha value is 1.55. The average Bonchev–Trinajstić information content (AvgIpc) is 2.06. The van der Waals surface area contributed by atoms with Gasteiger partial charge in [-0.3, -0.25) is 18.9 Å². The van der Waals surface area contributed by atoms with E-state index in [2.05, 4.69) is 0 Å². The smallest absolute Gasteiger partial charge is 0.665 e. The van der Waals surface area contributed by atoms with Crippen molar-refractivity contribution in [2.24, 2.45) is 0 Å². The zero-order valence-corrected chi connectivity index (χ0v) is 24.6. The van der Waals surface area contributed by atoms with Crippen molar-refractivity contribution < 1.29 is 131 Å². The van der Waals surface area contributed by atoms with Gasteiger partial charge in [-0.2, -0.15) is 20.8 Å². The van der Waals surface area contributed by atoms with Crippen LogP contribution in [-0.2, 0) is 38.6 Å². The molecule has 0 bridgehead atoms. The summed E-state index contributed by atoms with van der Waals surface area (Å²) in [5.41, 5.74) is 0. The van der Waals surface area contributed by atoms with Crippen LogP contribution in [0.4, 0.5) is 0 Å². The van der Waals surface area contributed by atoms with Crippen LogP contribution in [0.5, 0.6) is 0 Å². The van der Waals surface area contributed by atoms with E-state index in [4.69, 9.17) is 37.3 Å². The van der Waals surface area contributed by atoms with Gasteiger partial charge in [0, 0.05) is 11.0 Å². The number of carbonyl (C=O) groups excluding carboxylic acids is 3. The molecule has 0 spiro atoms. The molecule has 0 fully saturated rings. The van der Waals surface area contributed by atoms with E-state index < -0.39 is 11.0 Å². The van der Waals surface area contributed by atoms with Gasteiger partial charge in [-0.05, 0) is 0 Å². The summed E-state index contributed by atoms with van der Waals surface area (Å²) >= 11 is 0. The van der Waals surface area contributed by atoms with Crippen LogP contribution in [-0.4, -0.2) is 35.0 Å². The topological polar surface area (TPSA) is 143 Å². The van der Waals surface area contributed by atoms with E-state index >= 15 is 0 Å². The average molecular weight is 1000 g/mol. The van der Waals surface area contributed by atoms with E-state index in [1.807, 2.05) is 0 Å². The molecule has 8 nitrogen and oxygen atoms in total. The molecule has 0 radical (unpaired) electrons. The van der Waals surface area contributed by atoms with Crippen molar-refractivity contribution in [3.05, 3.63) is 7.43 Å². The Morgan fingerprint density at radius 1 is 0.762 bits per heavy atom. The summed E-state index contributed by atoms with van der Waals surface area (Å²) in [6.45, 7) is 4.46. The zero-order valence-electron chi connectivity index (χ0n) is 11.3. The SMILES string of the molecule is C.C[C-]=O.C[C-]=O.C[C-]=O.O=[C-]O.O=[S-](=O)O.[CH3-].[U+2].[U+2].[U+2]. The second kappa shape index (κ2) is 125. The predicted octanol–water partition coefficient (Wildman–Crippen LogP) is 0.815. The van der Waals surface area contributed by atoms with Gasteiger partial charge in [0.25, 0.3) is 0 Å². The molecule has 21 heavy (non-hydrogen) atoms. The number of aliphatic hydroxyl groups excluding tert-OH is 1. The van der Waals surface area contributed by atoms with Crippen molar-refractivity contribution >= 4 is 36.3 Å². The Labute approximate surface area is 199 Å². The van der Waals surface area contributed by atoms with Crippen LogP contribution in [0.15, 0.2) is 0 Å². The van der Waals surface area contributed by atoms with E-state index in [0.717, 1.165) is 0 Å². The Morgan fingerprint density at radius 3 is 0.762 bits per heavy atom. The molecule has 0 aliphatic heterocycles. The summed E-state index contributed by atoms with van der Waals surface area (Å²) in [6.07, 6.45) is 4.50. The molecular formula is C9H18O8SU3. The maximum Gasteiger partial charge on any atom is 2.00 e. The normalized spacial score (nSPS) is 4.05. The Morgan fingerprint density at radius 2 is 0.762 bits per heavy atom. The van der Waals surface area contributed by atoms with Gasteiger partial charge in [-0.15, -0.1) is 0 Å². The summed E-state index contributed by atoms with van der Waals surface area (Å²) in [5.74, 6) is 0. The van der Waals surface area contributed by atoms with Crippen LogP contribution < -0.4 is 0 Å². The van der Waals surface area contributed by atoms with Crippen LogP contribution >= 0.6 is 0 Å². The van der Waals surface area contributed by atoms with Gasteiger partial charge in [0.2, 0.25) is 0 Å². The molecule has 0 saturated heterocycles. The molecule has 0 aliphatic carbocycles. The minimum absolute atomic E-state index is 0. The van der Waals surface area contributed by atoms with Crippen molar-refractivity contribution in [3.8, 4) is 0 Å². The monoisotopic (exact) mass is 1000 g/mol. The molecule has 120 valence electrons. The first kappa shape index (κ1) is 66.5. The van der Waals surface area contributed by atoms with Gasteiger partial charge in [0.1, 0.15) is 0 Å². The molecule has 0 aliphatic rings. The van der Waals surface area contributed by atoms with Crippen molar-refractivity contribution in [2.75, 3.05) is 0 Å². The van der Waals surface area contributed by atoms with Crippen LogP contribution in [0.1, 0.15) is 28.2 Å². The fourth-order valence-corrected chi connectivity index (χ4v) is 0. The second-order valence-corrected chi connectivity index (χ2v) is 1.35. The maximum atomic E-state index is 8.68. The molecule has 0 aromatic rings. The minimum Gasteiger partial charge on any atom is -0.665 e. The Bertz CT molecular complexity index is 181. The summed E-state index contributed by atoms with van der Waals surface area (Å²) in [6, 6.07) is 0. The predicted molar refractivity (Wildman–Crippen MR) is 66.9 cm³/mol. The summed E-state index contributed by atoms with van der Waals surface area (Å²) in [7, 11) is -2.86. The van der Waals surface area contributed by atoms with Gasteiger partial charge >= 0.3 is 93.3 Å². The van der Waals surface area contributed by atoms with Gasteiger partial charge in [0.15, 0.2) is 0 Å². The first-order valence-corrected chi connectivity index (χ1v) is 4.09. The quantitative estimate of drug-likeness (QED) is 0.158. The van der Waals surface area contributed by atoms with Crippen LogP contribution in [0, 0.1) is 101 Å². The van der Waals surface area contributed by atoms with Crippen molar-refractivity contribution in [2.45, 2.75) is 28.2 Å².